The maximum absolute atomic E-state index is 14.3. The van der Waals surface area contributed by atoms with E-state index < -0.39 is 22.0 Å². The number of nitrogens with zero attached hydrogens (tertiary/aromatic N) is 4. The van der Waals surface area contributed by atoms with E-state index in [1.807, 2.05) is 32.0 Å². The molecule has 0 spiro atoms. The first kappa shape index (κ1) is 32.3. The lowest BCUT2D eigenvalue weighted by molar-refractivity contribution is -0.0561. The molecule has 1 aliphatic carbocycles. The molecular weight excluding hydrogens is 612 g/mol. The molecule has 3 aliphatic rings. The summed E-state index contributed by atoms with van der Waals surface area (Å²) in [5.41, 5.74) is 3.47. The van der Waals surface area contributed by atoms with Crippen LogP contribution >= 0.6 is 0 Å². The van der Waals surface area contributed by atoms with Gasteiger partial charge in [0, 0.05) is 55.2 Å². The lowest BCUT2D eigenvalue weighted by atomic mass is 9.90. The Labute approximate surface area is 269 Å². The Balaban J connectivity index is 1.49. The normalized spacial score (nSPS) is 23.4. The predicted molar refractivity (Wildman–Crippen MR) is 172 cm³/mol. The van der Waals surface area contributed by atoms with Gasteiger partial charge in [-0.3, -0.25) is 9.69 Å². The average Bonchev–Trinajstić information content (AvgIpc) is 3.15. The van der Waals surface area contributed by atoms with Crippen LogP contribution in [0, 0.1) is 19.8 Å². The number of halogens is 2. The quantitative estimate of drug-likeness (QED) is 0.364. The minimum atomic E-state index is -4.17. The number of carbonyl (C=O) groups is 1. The molecule has 2 fully saturated rings. The van der Waals surface area contributed by atoms with Crippen LogP contribution in [-0.4, -0.2) is 77.8 Å². The smallest absolute Gasteiger partial charge is 0.264 e. The highest BCUT2D eigenvalue weighted by Crippen LogP contribution is 2.37. The van der Waals surface area contributed by atoms with Gasteiger partial charge in [-0.05, 0) is 68.4 Å². The number of hydrogen-bond acceptors (Lipinski definition) is 7. The van der Waals surface area contributed by atoms with E-state index in [0.29, 0.717) is 38.0 Å². The van der Waals surface area contributed by atoms with Crippen molar-refractivity contribution in [3.05, 3.63) is 65.2 Å². The minimum absolute atomic E-state index is 0.0735. The van der Waals surface area contributed by atoms with Crippen LogP contribution in [0.5, 0.6) is 5.88 Å². The summed E-state index contributed by atoms with van der Waals surface area (Å²) in [5, 5.41) is 0. The van der Waals surface area contributed by atoms with E-state index in [2.05, 4.69) is 33.4 Å². The number of aryl methyl sites for hydroxylation is 2. The van der Waals surface area contributed by atoms with Crippen LogP contribution in [0.15, 0.2) is 53.4 Å². The van der Waals surface area contributed by atoms with Crippen LogP contribution in [0.25, 0.3) is 11.3 Å². The van der Waals surface area contributed by atoms with Crippen molar-refractivity contribution in [1.82, 2.24) is 19.8 Å². The fourth-order valence-electron chi connectivity index (χ4n) is 7.08. The number of carbonyl (C=O) groups excluding carboxylic acids is 1. The van der Waals surface area contributed by atoms with Gasteiger partial charge in [0.2, 0.25) is 17.8 Å². The van der Waals surface area contributed by atoms with Crippen molar-refractivity contribution in [1.29, 1.82) is 0 Å². The molecule has 1 amide bonds. The molecule has 1 aromatic heterocycles. The third-order valence-electron chi connectivity index (χ3n) is 9.28. The molecule has 6 rings (SSSR count). The van der Waals surface area contributed by atoms with Gasteiger partial charge < -0.3 is 9.64 Å². The topological polar surface area (TPSA) is 105 Å². The van der Waals surface area contributed by atoms with Crippen molar-refractivity contribution in [2.45, 2.75) is 88.8 Å². The van der Waals surface area contributed by atoms with Crippen molar-refractivity contribution in [3.8, 4) is 17.1 Å². The van der Waals surface area contributed by atoms with Crippen LogP contribution in [0.4, 0.5) is 14.7 Å². The number of sulfonamides is 1. The second-order valence-electron chi connectivity index (χ2n) is 13.3. The number of rotatable bonds is 4. The molecule has 9 nitrogen and oxygen atoms in total. The van der Waals surface area contributed by atoms with Gasteiger partial charge >= 0.3 is 0 Å². The molecule has 2 aliphatic heterocycles. The van der Waals surface area contributed by atoms with Crippen molar-refractivity contribution < 1.29 is 26.7 Å². The van der Waals surface area contributed by atoms with Crippen LogP contribution in [0.2, 0.25) is 0 Å². The molecule has 6 bridgehead atoms. The molecule has 12 heteroatoms. The summed E-state index contributed by atoms with van der Waals surface area (Å²) in [4.78, 5) is 27.3. The number of anilines is 1. The maximum Gasteiger partial charge on any atom is 0.264 e. The van der Waals surface area contributed by atoms with Gasteiger partial charge in [-0.15, -0.1) is 0 Å². The van der Waals surface area contributed by atoms with E-state index in [1.165, 1.54) is 12.1 Å². The van der Waals surface area contributed by atoms with Gasteiger partial charge in [-0.25, -0.2) is 26.9 Å². The number of fused-ring (bicyclic) bond motifs is 6. The van der Waals surface area contributed by atoms with Crippen LogP contribution in [0.3, 0.4) is 0 Å². The van der Waals surface area contributed by atoms with Crippen molar-refractivity contribution >= 4 is 21.9 Å². The molecule has 2 aromatic carbocycles. The van der Waals surface area contributed by atoms with Gasteiger partial charge in [-0.1, -0.05) is 38.1 Å². The van der Waals surface area contributed by atoms with Gasteiger partial charge in [0.25, 0.3) is 15.9 Å². The van der Waals surface area contributed by atoms with E-state index in [9.17, 15) is 22.0 Å². The summed E-state index contributed by atoms with van der Waals surface area (Å²) in [6.45, 7) is 9.21. The lowest BCUT2D eigenvalue weighted by Gasteiger charge is -2.39. The fourth-order valence-corrected chi connectivity index (χ4v) is 8.07. The first-order valence-corrected chi connectivity index (χ1v) is 17.4. The van der Waals surface area contributed by atoms with Gasteiger partial charge in [-0.2, -0.15) is 4.98 Å². The first-order valence-electron chi connectivity index (χ1n) is 16.0. The van der Waals surface area contributed by atoms with E-state index in [0.717, 1.165) is 16.7 Å². The van der Waals surface area contributed by atoms with Gasteiger partial charge in [0.05, 0.1) is 17.1 Å². The Morgan fingerprint density at radius 1 is 1.00 bits per heavy atom. The molecule has 1 N–H and O–H groups in total. The second kappa shape index (κ2) is 12.5. The summed E-state index contributed by atoms with van der Waals surface area (Å²) >= 11 is 0. The van der Waals surface area contributed by atoms with Crippen molar-refractivity contribution in [2.75, 3.05) is 24.4 Å². The highest BCUT2D eigenvalue weighted by atomic mass is 32.2. The zero-order chi connectivity index (χ0) is 32.8. The number of alkyl halides is 2. The van der Waals surface area contributed by atoms with Crippen LogP contribution < -0.4 is 9.46 Å². The second-order valence-corrected chi connectivity index (χ2v) is 15.0. The lowest BCUT2D eigenvalue weighted by Crippen LogP contribution is -2.48. The SMILES string of the molecule is Cc1cccc(C)c1-c1cc2nc(n1)NS(=O)(=O)c1cccc(c1)C(=O)N1C[C@@H](CN(C3CCC(F)(F)CC3)C[C@@H]1CC(C)C)O2. The molecule has 3 aromatic rings. The molecule has 2 atom stereocenters. The zero-order valence-electron chi connectivity index (χ0n) is 26.7. The number of aromatic nitrogens is 2. The molecule has 3 heterocycles. The van der Waals surface area contributed by atoms with E-state index >= 15 is 0 Å². The first-order chi connectivity index (χ1) is 21.8. The van der Waals surface area contributed by atoms with E-state index in [1.54, 1.807) is 23.1 Å². The largest absolute Gasteiger partial charge is 0.471 e. The summed E-state index contributed by atoms with van der Waals surface area (Å²) in [6.07, 6.45) is 0.501. The number of hydrogen-bond donors (Lipinski definition) is 1. The molecule has 1 saturated heterocycles. The third-order valence-corrected chi connectivity index (χ3v) is 10.6. The Morgan fingerprint density at radius 2 is 1.70 bits per heavy atom. The molecule has 246 valence electrons. The summed E-state index contributed by atoms with van der Waals surface area (Å²) < 4.78 is 64.7. The molecule has 46 heavy (non-hydrogen) atoms. The monoisotopic (exact) mass is 653 g/mol. The highest BCUT2D eigenvalue weighted by molar-refractivity contribution is 7.92. The third kappa shape index (κ3) is 6.88. The number of nitrogens with one attached hydrogen (secondary N) is 1. The zero-order valence-corrected chi connectivity index (χ0v) is 27.5. The fraction of sp³-hybridized carbons (Fsp3) is 0.500. The van der Waals surface area contributed by atoms with Crippen LogP contribution in [0.1, 0.15) is 67.4 Å². The average molecular weight is 654 g/mol. The Bertz CT molecular complexity index is 1700. The molecular formula is C34H41F2N5O4S. The van der Waals surface area contributed by atoms with Crippen molar-refractivity contribution in [2.24, 2.45) is 5.92 Å². The summed E-state index contributed by atoms with van der Waals surface area (Å²) in [7, 11) is -4.17. The maximum atomic E-state index is 14.3. The Hall–Kier alpha value is -3.64. The Kier molecular flexibility index (Phi) is 8.79. The van der Waals surface area contributed by atoms with Gasteiger partial charge in [0.15, 0.2) is 0 Å². The summed E-state index contributed by atoms with van der Waals surface area (Å²) in [6, 6.07) is 13.2. The molecule has 0 radical (unpaired) electrons. The van der Waals surface area contributed by atoms with Crippen LogP contribution in [-0.2, 0) is 10.0 Å². The van der Waals surface area contributed by atoms with Gasteiger partial charge in [0.1, 0.15) is 6.10 Å². The minimum Gasteiger partial charge on any atom is -0.471 e. The number of ether oxygens (including phenoxy) is 1. The molecule has 0 unspecified atom stereocenters. The van der Waals surface area contributed by atoms with Crippen molar-refractivity contribution in [3.63, 3.8) is 0 Å². The Morgan fingerprint density at radius 3 is 2.39 bits per heavy atom. The van der Waals surface area contributed by atoms with E-state index in [-0.39, 0.29) is 65.6 Å². The molecule has 1 saturated carbocycles. The predicted octanol–water partition coefficient (Wildman–Crippen LogP) is 6.07. The standard InChI is InChI=1S/C34H41F2N5O4S/c1-21(2)15-26-18-40(25-11-13-34(35,36)14-12-25)19-27-20-41(26)32(42)24-9-6-10-28(16-24)46(43,44)39-33-37-29(17-30(38-33)45-27)31-22(3)7-5-8-23(31)4/h5-10,16-17,21,25-27H,11-15,18-20H2,1-4H3,(H,37,38,39)/t26-,27+/m0/s1. The van der Waals surface area contributed by atoms with E-state index in [4.69, 9.17) is 4.74 Å². The summed E-state index contributed by atoms with van der Waals surface area (Å²) in [5.74, 6) is -2.71. The highest BCUT2D eigenvalue weighted by Gasteiger charge is 2.41. The number of amides is 1. The number of benzene rings is 2.